The van der Waals surface area contributed by atoms with Crippen molar-refractivity contribution in [3.8, 4) is 0 Å². The Kier molecular flexibility index (Phi) is 3.85. The third kappa shape index (κ3) is 3.07. The van der Waals surface area contributed by atoms with Gasteiger partial charge in [0, 0.05) is 15.4 Å². The number of aryl methyl sites for hydroxylation is 1. The lowest BCUT2D eigenvalue weighted by Gasteiger charge is -2.06. The van der Waals surface area contributed by atoms with Crippen molar-refractivity contribution in [2.24, 2.45) is 4.99 Å². The highest BCUT2D eigenvalue weighted by atomic mass is 127. The van der Waals surface area contributed by atoms with Crippen molar-refractivity contribution in [3.63, 3.8) is 0 Å². The van der Waals surface area contributed by atoms with Crippen LogP contribution in [-0.2, 0) is 0 Å². The second-order valence-corrected chi connectivity index (χ2v) is 5.50. The normalized spacial score (nSPS) is 20.1. The van der Waals surface area contributed by atoms with Gasteiger partial charge >= 0.3 is 0 Å². The number of rotatable bonds is 2. The summed E-state index contributed by atoms with van der Waals surface area (Å²) in [5.41, 5.74) is 1.02. The number of hydrogen-bond donors (Lipinski definition) is 1. The van der Waals surface area contributed by atoms with Gasteiger partial charge < -0.3 is 5.32 Å². The predicted molar refractivity (Wildman–Crippen MR) is 75.2 cm³/mol. The van der Waals surface area contributed by atoms with E-state index in [1.807, 2.05) is 25.1 Å². The van der Waals surface area contributed by atoms with Gasteiger partial charge in [-0.05, 0) is 19.1 Å². The molecule has 1 aliphatic heterocycles. The van der Waals surface area contributed by atoms with E-state index in [4.69, 9.17) is 0 Å². The van der Waals surface area contributed by atoms with E-state index in [0.29, 0.717) is 5.25 Å². The number of pyridine rings is 1. The third-order valence-corrected chi connectivity index (χ3v) is 4.78. The zero-order valence-corrected chi connectivity index (χ0v) is 11.4. The van der Waals surface area contributed by atoms with Crippen LogP contribution < -0.4 is 5.32 Å². The second-order valence-electron chi connectivity index (χ2n) is 3.33. The molecule has 2 rings (SSSR count). The predicted octanol–water partition coefficient (Wildman–Crippen LogP) is 2.71. The van der Waals surface area contributed by atoms with Gasteiger partial charge in [-0.25, -0.2) is 4.98 Å². The summed E-state index contributed by atoms with van der Waals surface area (Å²) in [6.45, 7) is 2.91. The van der Waals surface area contributed by atoms with Crippen molar-refractivity contribution in [1.29, 1.82) is 0 Å². The van der Waals surface area contributed by atoms with Gasteiger partial charge in [-0.2, -0.15) is 0 Å². The number of hydrogen-bond acceptors (Lipinski definition) is 4. The molecule has 0 saturated heterocycles. The van der Waals surface area contributed by atoms with E-state index in [9.17, 15) is 0 Å². The van der Waals surface area contributed by atoms with E-state index in [1.54, 1.807) is 11.8 Å². The maximum absolute atomic E-state index is 4.44. The first-order chi connectivity index (χ1) is 7.28. The molecule has 0 aromatic carbocycles. The van der Waals surface area contributed by atoms with Gasteiger partial charge in [0.25, 0.3) is 0 Å². The Labute approximate surface area is 107 Å². The quantitative estimate of drug-likeness (QED) is 0.668. The van der Waals surface area contributed by atoms with E-state index in [1.165, 1.54) is 0 Å². The fourth-order valence-electron chi connectivity index (χ4n) is 1.29. The number of thioether (sulfide) groups is 1. The maximum Gasteiger partial charge on any atom is 0.162 e. The standard InChI is InChI=1S/C10H12IN3S/c1-7-3-2-4-9(13-7)14-10-12-6-8(5-11)15-10/h2-4,8H,5-6H2,1H3,(H,12,13,14)/t8-/m0/s1. The lowest BCUT2D eigenvalue weighted by atomic mass is 10.4. The topological polar surface area (TPSA) is 37.3 Å². The van der Waals surface area contributed by atoms with E-state index in [-0.39, 0.29) is 0 Å². The molecule has 15 heavy (non-hydrogen) atoms. The highest BCUT2D eigenvalue weighted by Gasteiger charge is 2.18. The van der Waals surface area contributed by atoms with E-state index >= 15 is 0 Å². The van der Waals surface area contributed by atoms with Gasteiger partial charge in [0.15, 0.2) is 5.17 Å². The summed E-state index contributed by atoms with van der Waals surface area (Å²) in [6, 6.07) is 5.95. The van der Waals surface area contributed by atoms with Crippen LogP contribution in [0, 0.1) is 6.92 Å². The van der Waals surface area contributed by atoms with Crippen LogP contribution in [0.25, 0.3) is 0 Å². The van der Waals surface area contributed by atoms with Gasteiger partial charge in [0.2, 0.25) is 0 Å². The molecule has 1 atom stereocenters. The molecule has 0 spiro atoms. The molecule has 1 N–H and O–H groups in total. The molecule has 80 valence electrons. The van der Waals surface area contributed by atoms with E-state index in [0.717, 1.165) is 27.7 Å². The number of nitrogens with one attached hydrogen (secondary N) is 1. The van der Waals surface area contributed by atoms with Gasteiger partial charge in [0.05, 0.1) is 6.54 Å². The van der Waals surface area contributed by atoms with Crippen molar-refractivity contribution in [1.82, 2.24) is 4.98 Å². The molecule has 0 unspecified atom stereocenters. The molecule has 1 aromatic heterocycles. The van der Waals surface area contributed by atoms with E-state index < -0.39 is 0 Å². The SMILES string of the molecule is Cc1cccc(NC2=NC[C@H](CI)S2)n1. The van der Waals surface area contributed by atoms with Crippen molar-refractivity contribution in [3.05, 3.63) is 23.9 Å². The first kappa shape index (κ1) is 11.2. The summed E-state index contributed by atoms with van der Waals surface area (Å²) in [5.74, 6) is 0.885. The molecule has 0 aliphatic carbocycles. The molecule has 0 saturated carbocycles. The number of alkyl halides is 1. The van der Waals surface area contributed by atoms with Crippen LogP contribution in [-0.4, -0.2) is 26.4 Å². The minimum atomic E-state index is 0.623. The summed E-state index contributed by atoms with van der Waals surface area (Å²) in [4.78, 5) is 8.82. The van der Waals surface area contributed by atoms with Gasteiger partial charge in [-0.15, -0.1) is 0 Å². The molecule has 0 radical (unpaired) electrons. The molecule has 0 amide bonds. The van der Waals surface area contributed by atoms with E-state index in [2.05, 4.69) is 37.9 Å². The van der Waals surface area contributed by atoms with Gasteiger partial charge in [0.1, 0.15) is 5.82 Å². The van der Waals surface area contributed by atoms with Crippen LogP contribution >= 0.6 is 34.4 Å². The third-order valence-electron chi connectivity index (χ3n) is 2.01. The maximum atomic E-state index is 4.44. The van der Waals surface area contributed by atoms with Gasteiger partial charge in [-0.1, -0.05) is 40.4 Å². The minimum absolute atomic E-state index is 0.623. The summed E-state index contributed by atoms with van der Waals surface area (Å²) in [5, 5.41) is 4.86. The monoisotopic (exact) mass is 333 g/mol. The number of aliphatic imine (C=N–C) groups is 1. The summed E-state index contributed by atoms with van der Waals surface area (Å²) < 4.78 is 1.14. The van der Waals surface area contributed by atoms with Crippen LogP contribution in [0.5, 0.6) is 0 Å². The number of anilines is 1. The first-order valence-electron chi connectivity index (χ1n) is 4.75. The molecule has 5 heteroatoms. The Morgan fingerprint density at radius 2 is 2.47 bits per heavy atom. The minimum Gasteiger partial charge on any atom is -0.320 e. The first-order valence-corrected chi connectivity index (χ1v) is 7.16. The van der Waals surface area contributed by atoms with Crippen LogP contribution in [0.3, 0.4) is 0 Å². The summed E-state index contributed by atoms with van der Waals surface area (Å²) >= 11 is 4.20. The molecule has 1 aliphatic rings. The van der Waals surface area contributed by atoms with Crippen molar-refractivity contribution in [2.45, 2.75) is 12.2 Å². The molecule has 0 fully saturated rings. The summed E-state index contributed by atoms with van der Waals surface area (Å²) in [7, 11) is 0. The molecular formula is C10H12IN3S. The van der Waals surface area contributed by atoms with Crippen LogP contribution in [0.2, 0.25) is 0 Å². The second kappa shape index (κ2) is 5.16. The smallest absolute Gasteiger partial charge is 0.162 e. The lowest BCUT2D eigenvalue weighted by Crippen LogP contribution is -2.09. The number of halogens is 1. The number of amidine groups is 1. The van der Waals surface area contributed by atoms with Crippen LogP contribution in [0.15, 0.2) is 23.2 Å². The number of aromatic nitrogens is 1. The largest absolute Gasteiger partial charge is 0.320 e. The van der Waals surface area contributed by atoms with Crippen LogP contribution in [0.4, 0.5) is 5.82 Å². The van der Waals surface area contributed by atoms with Crippen LogP contribution in [0.1, 0.15) is 5.69 Å². The Morgan fingerprint density at radius 1 is 1.60 bits per heavy atom. The van der Waals surface area contributed by atoms with Gasteiger partial charge in [-0.3, -0.25) is 4.99 Å². The average Bonchev–Trinajstić information content (AvgIpc) is 2.65. The fraction of sp³-hybridized carbons (Fsp3) is 0.400. The highest BCUT2D eigenvalue weighted by molar-refractivity contribution is 14.1. The number of nitrogens with zero attached hydrogens (tertiary/aromatic N) is 2. The molecule has 0 bridgehead atoms. The zero-order valence-electron chi connectivity index (χ0n) is 8.40. The van der Waals surface area contributed by atoms with Crippen molar-refractivity contribution >= 4 is 45.3 Å². The summed E-state index contributed by atoms with van der Waals surface area (Å²) in [6.07, 6.45) is 0. The molecule has 3 nitrogen and oxygen atoms in total. The Bertz CT molecular complexity index is 381. The fourth-order valence-corrected chi connectivity index (χ4v) is 2.95. The Hall–Kier alpha value is -0.300. The zero-order chi connectivity index (χ0) is 10.7. The molecular weight excluding hydrogens is 321 g/mol. The van der Waals surface area contributed by atoms with Crippen molar-refractivity contribution in [2.75, 3.05) is 16.3 Å². The highest BCUT2D eigenvalue weighted by Crippen LogP contribution is 2.23. The van der Waals surface area contributed by atoms with Crippen molar-refractivity contribution < 1.29 is 0 Å². The Morgan fingerprint density at radius 3 is 3.13 bits per heavy atom. The lowest BCUT2D eigenvalue weighted by molar-refractivity contribution is 0.999. The molecule has 2 heterocycles. The Balaban J connectivity index is 1.98. The average molecular weight is 333 g/mol. The molecule has 1 aromatic rings.